The standard InChI is InChI=1S/C27H33ClF2/c1-18-2-4-19(5-3-18)6-7-20-8-10-21(11-9-20)23-16-25(29)27(26(30)17-23)22-12-14-24(28)15-13-22/h12-21H,2-11H2,1H3/t18-,19-,20-,21-. The molecule has 2 aromatic rings. The number of hydrogen-bond donors (Lipinski definition) is 0. The lowest BCUT2D eigenvalue weighted by Gasteiger charge is -2.31. The van der Waals surface area contributed by atoms with Crippen molar-refractivity contribution in [2.75, 3.05) is 0 Å². The van der Waals surface area contributed by atoms with Gasteiger partial charge in [0.15, 0.2) is 0 Å². The third-order valence-corrected chi connectivity index (χ3v) is 7.89. The Kier molecular flexibility index (Phi) is 7.13. The lowest BCUT2D eigenvalue weighted by atomic mass is 9.74. The zero-order valence-electron chi connectivity index (χ0n) is 18.0. The maximum atomic E-state index is 14.8. The molecule has 2 saturated carbocycles. The van der Waals surface area contributed by atoms with E-state index in [1.165, 1.54) is 51.4 Å². The van der Waals surface area contributed by atoms with Gasteiger partial charge >= 0.3 is 0 Å². The van der Waals surface area contributed by atoms with E-state index in [-0.39, 0.29) is 11.5 Å². The topological polar surface area (TPSA) is 0 Å². The largest absolute Gasteiger partial charge is 0.206 e. The molecule has 2 aliphatic rings. The highest BCUT2D eigenvalue weighted by Gasteiger charge is 2.26. The van der Waals surface area contributed by atoms with Crippen molar-refractivity contribution in [2.24, 2.45) is 17.8 Å². The molecular weight excluding hydrogens is 398 g/mol. The Morgan fingerprint density at radius 1 is 0.767 bits per heavy atom. The van der Waals surface area contributed by atoms with E-state index >= 15 is 0 Å². The van der Waals surface area contributed by atoms with Crippen molar-refractivity contribution in [2.45, 2.75) is 77.0 Å². The molecule has 2 aliphatic carbocycles. The van der Waals surface area contributed by atoms with Gasteiger partial charge in [-0.1, -0.05) is 69.2 Å². The minimum Gasteiger partial charge on any atom is -0.206 e. The molecule has 0 aliphatic heterocycles. The summed E-state index contributed by atoms with van der Waals surface area (Å²) in [5.41, 5.74) is 1.40. The molecule has 162 valence electrons. The summed E-state index contributed by atoms with van der Waals surface area (Å²) in [4.78, 5) is 0. The van der Waals surface area contributed by atoms with Crippen molar-refractivity contribution in [1.82, 2.24) is 0 Å². The molecule has 0 N–H and O–H groups in total. The molecule has 0 heterocycles. The van der Waals surface area contributed by atoms with Gasteiger partial charge in [-0.05, 0) is 84.7 Å². The first-order valence-electron chi connectivity index (χ1n) is 11.7. The van der Waals surface area contributed by atoms with Crippen molar-refractivity contribution in [3.8, 4) is 11.1 Å². The molecule has 0 atom stereocenters. The van der Waals surface area contributed by atoms with Crippen LogP contribution < -0.4 is 0 Å². The van der Waals surface area contributed by atoms with Crippen LogP contribution in [-0.4, -0.2) is 0 Å². The Hall–Kier alpha value is -1.41. The predicted octanol–water partition coefficient (Wildman–Crippen LogP) is 9.17. The average molecular weight is 431 g/mol. The van der Waals surface area contributed by atoms with Crippen LogP contribution in [0.25, 0.3) is 11.1 Å². The van der Waals surface area contributed by atoms with Gasteiger partial charge in [0.25, 0.3) is 0 Å². The molecule has 0 unspecified atom stereocenters. The summed E-state index contributed by atoms with van der Waals surface area (Å²) >= 11 is 5.90. The van der Waals surface area contributed by atoms with E-state index in [1.807, 2.05) is 0 Å². The van der Waals surface area contributed by atoms with Crippen molar-refractivity contribution >= 4 is 11.6 Å². The zero-order valence-corrected chi connectivity index (χ0v) is 18.7. The van der Waals surface area contributed by atoms with Crippen LogP contribution in [0.5, 0.6) is 0 Å². The highest BCUT2D eigenvalue weighted by atomic mass is 35.5. The summed E-state index contributed by atoms with van der Waals surface area (Å²) in [5, 5.41) is 0.561. The molecule has 0 amide bonds. The first-order valence-corrected chi connectivity index (χ1v) is 12.1. The minimum atomic E-state index is -0.471. The van der Waals surface area contributed by atoms with Gasteiger partial charge in [-0.3, -0.25) is 0 Å². The van der Waals surface area contributed by atoms with E-state index in [0.29, 0.717) is 10.6 Å². The molecule has 4 rings (SSSR count). The third-order valence-electron chi connectivity index (χ3n) is 7.63. The van der Waals surface area contributed by atoms with Crippen molar-refractivity contribution in [3.05, 3.63) is 58.6 Å². The van der Waals surface area contributed by atoms with Gasteiger partial charge in [0, 0.05) is 5.02 Å². The number of benzene rings is 2. The van der Waals surface area contributed by atoms with Crippen LogP contribution in [0.4, 0.5) is 8.78 Å². The Morgan fingerprint density at radius 3 is 1.80 bits per heavy atom. The number of halogens is 3. The first kappa shape index (κ1) is 21.8. The van der Waals surface area contributed by atoms with Gasteiger partial charge in [0.05, 0.1) is 5.56 Å². The summed E-state index contributed by atoms with van der Waals surface area (Å²) < 4.78 is 29.6. The maximum Gasteiger partial charge on any atom is 0.134 e. The van der Waals surface area contributed by atoms with Crippen molar-refractivity contribution < 1.29 is 8.78 Å². The molecule has 0 aromatic heterocycles. The fourth-order valence-corrected chi connectivity index (χ4v) is 5.72. The Balaban J connectivity index is 1.34. The highest BCUT2D eigenvalue weighted by molar-refractivity contribution is 6.30. The molecule has 2 fully saturated rings. The Bertz CT molecular complexity index is 805. The van der Waals surface area contributed by atoms with E-state index < -0.39 is 11.6 Å². The molecule has 30 heavy (non-hydrogen) atoms. The summed E-state index contributed by atoms with van der Waals surface area (Å²) in [6, 6.07) is 9.78. The summed E-state index contributed by atoms with van der Waals surface area (Å²) in [5.74, 6) is 1.98. The summed E-state index contributed by atoms with van der Waals surface area (Å²) in [6.45, 7) is 2.38. The van der Waals surface area contributed by atoms with E-state index in [2.05, 4.69) is 6.92 Å². The molecule has 0 nitrogen and oxygen atoms in total. The normalized spacial score (nSPS) is 27.2. The van der Waals surface area contributed by atoms with Crippen LogP contribution in [0.2, 0.25) is 5.02 Å². The van der Waals surface area contributed by atoms with Gasteiger partial charge in [0.1, 0.15) is 11.6 Å². The van der Waals surface area contributed by atoms with Crippen molar-refractivity contribution in [1.29, 1.82) is 0 Å². The lowest BCUT2D eigenvalue weighted by Crippen LogP contribution is -2.17. The van der Waals surface area contributed by atoms with Crippen LogP contribution in [0.3, 0.4) is 0 Å². The second-order valence-electron chi connectivity index (χ2n) is 9.79. The first-order chi connectivity index (χ1) is 14.5. The van der Waals surface area contributed by atoms with E-state index in [1.54, 1.807) is 36.4 Å². The molecule has 0 saturated heterocycles. The monoisotopic (exact) mass is 430 g/mol. The third kappa shape index (κ3) is 5.25. The van der Waals surface area contributed by atoms with Crippen molar-refractivity contribution in [3.63, 3.8) is 0 Å². The summed E-state index contributed by atoms with van der Waals surface area (Å²) in [7, 11) is 0. The van der Waals surface area contributed by atoms with Crippen LogP contribution in [0.1, 0.15) is 82.6 Å². The SMILES string of the molecule is C[C@H]1CC[C@H](CC[C@H]2CC[C@H](c3cc(F)c(-c4ccc(Cl)cc4)c(F)c3)CC2)CC1. The second kappa shape index (κ2) is 9.81. The molecule has 0 bridgehead atoms. The van der Waals surface area contributed by atoms with E-state index in [0.717, 1.165) is 36.2 Å². The molecule has 0 spiro atoms. The fraction of sp³-hybridized carbons (Fsp3) is 0.556. The summed E-state index contributed by atoms with van der Waals surface area (Å²) in [6.07, 6.45) is 12.8. The van der Waals surface area contributed by atoms with Gasteiger partial charge in [0.2, 0.25) is 0 Å². The molecule has 0 radical (unpaired) electrons. The quantitative estimate of drug-likeness (QED) is 0.443. The second-order valence-corrected chi connectivity index (χ2v) is 10.2. The fourth-order valence-electron chi connectivity index (χ4n) is 5.59. The smallest absolute Gasteiger partial charge is 0.134 e. The van der Waals surface area contributed by atoms with Crippen LogP contribution in [-0.2, 0) is 0 Å². The molecule has 2 aromatic carbocycles. The lowest BCUT2D eigenvalue weighted by molar-refractivity contribution is 0.237. The van der Waals surface area contributed by atoms with Gasteiger partial charge in [-0.2, -0.15) is 0 Å². The van der Waals surface area contributed by atoms with Gasteiger partial charge in [-0.25, -0.2) is 8.78 Å². The molecule has 3 heteroatoms. The number of rotatable bonds is 5. The highest BCUT2D eigenvalue weighted by Crippen LogP contribution is 2.41. The van der Waals surface area contributed by atoms with Crippen LogP contribution >= 0.6 is 11.6 Å². The molecular formula is C27H33ClF2. The maximum absolute atomic E-state index is 14.8. The van der Waals surface area contributed by atoms with Crippen LogP contribution in [0, 0.1) is 29.4 Å². The Morgan fingerprint density at radius 2 is 1.27 bits per heavy atom. The number of hydrogen-bond acceptors (Lipinski definition) is 0. The average Bonchev–Trinajstić information content (AvgIpc) is 2.74. The zero-order chi connectivity index (χ0) is 21.1. The van der Waals surface area contributed by atoms with Gasteiger partial charge < -0.3 is 0 Å². The van der Waals surface area contributed by atoms with E-state index in [9.17, 15) is 8.78 Å². The minimum absolute atomic E-state index is 0.0471. The van der Waals surface area contributed by atoms with E-state index in [4.69, 9.17) is 11.6 Å². The van der Waals surface area contributed by atoms with Gasteiger partial charge in [-0.15, -0.1) is 0 Å². The van der Waals surface area contributed by atoms with Crippen LogP contribution in [0.15, 0.2) is 36.4 Å². The Labute approximate surface area is 185 Å². The predicted molar refractivity (Wildman–Crippen MR) is 122 cm³/mol.